The third-order valence-corrected chi connectivity index (χ3v) is 2.35. The zero-order valence-electron chi connectivity index (χ0n) is 6.12. The summed E-state index contributed by atoms with van der Waals surface area (Å²) in [7, 11) is 0. The molecule has 0 aromatic carbocycles. The Morgan fingerprint density at radius 2 is 2.20 bits per heavy atom. The van der Waals surface area contributed by atoms with Crippen LogP contribution in [0.1, 0.15) is 25.7 Å². The smallest absolute Gasteiger partial charge is 0.0819 e. The van der Waals surface area contributed by atoms with Gasteiger partial charge in [-0.25, -0.2) is 0 Å². The monoisotopic (exact) mass is 139 g/mol. The molecule has 1 fully saturated rings. The number of rotatable bonds is 0. The Morgan fingerprint density at radius 3 is 3.10 bits per heavy atom. The lowest BCUT2D eigenvalue weighted by molar-refractivity contribution is 0.0306. The summed E-state index contributed by atoms with van der Waals surface area (Å²) in [5.74, 6) is 0. The van der Waals surface area contributed by atoms with E-state index in [0.29, 0.717) is 12.1 Å². The first-order chi connectivity index (χ1) is 4.97. The highest BCUT2D eigenvalue weighted by Crippen LogP contribution is 2.24. The number of nitrogens with zero attached hydrogens (tertiary/aromatic N) is 1. The van der Waals surface area contributed by atoms with Gasteiger partial charge in [-0.2, -0.15) is 0 Å². The average molecular weight is 139 g/mol. The lowest BCUT2D eigenvalue weighted by Crippen LogP contribution is -2.34. The van der Waals surface area contributed by atoms with Gasteiger partial charge in [-0.3, -0.25) is 4.99 Å². The summed E-state index contributed by atoms with van der Waals surface area (Å²) in [5.41, 5.74) is 0. The van der Waals surface area contributed by atoms with E-state index >= 15 is 0 Å². The molecule has 0 aromatic heterocycles. The summed E-state index contributed by atoms with van der Waals surface area (Å²) in [6.45, 7) is 0.737. The van der Waals surface area contributed by atoms with E-state index in [4.69, 9.17) is 4.74 Å². The van der Waals surface area contributed by atoms with Gasteiger partial charge >= 0.3 is 0 Å². The number of aliphatic imine (C=N–C) groups is 1. The summed E-state index contributed by atoms with van der Waals surface area (Å²) in [4.78, 5) is 4.40. The SMILES string of the molecule is C1=NC2CCCCC2OC1. The molecule has 2 unspecified atom stereocenters. The van der Waals surface area contributed by atoms with Crippen LogP contribution in [0.5, 0.6) is 0 Å². The van der Waals surface area contributed by atoms with Gasteiger partial charge in [-0.05, 0) is 12.8 Å². The van der Waals surface area contributed by atoms with Crippen LogP contribution in [0, 0.1) is 0 Å². The Labute approximate surface area is 61.3 Å². The minimum Gasteiger partial charge on any atom is -0.370 e. The van der Waals surface area contributed by atoms with Crippen molar-refractivity contribution in [2.75, 3.05) is 6.61 Å². The molecule has 10 heavy (non-hydrogen) atoms. The molecular weight excluding hydrogens is 126 g/mol. The van der Waals surface area contributed by atoms with Gasteiger partial charge < -0.3 is 4.74 Å². The summed E-state index contributed by atoms with van der Waals surface area (Å²) in [6, 6.07) is 0.502. The van der Waals surface area contributed by atoms with Crippen LogP contribution in [-0.2, 0) is 4.74 Å². The van der Waals surface area contributed by atoms with Gasteiger partial charge in [-0.1, -0.05) is 12.8 Å². The van der Waals surface area contributed by atoms with E-state index in [2.05, 4.69) is 4.99 Å². The van der Waals surface area contributed by atoms with Gasteiger partial charge in [0.1, 0.15) is 0 Å². The maximum Gasteiger partial charge on any atom is 0.0819 e. The first-order valence-electron chi connectivity index (χ1n) is 4.10. The molecule has 2 aliphatic rings. The molecule has 2 heteroatoms. The third-order valence-electron chi connectivity index (χ3n) is 2.35. The van der Waals surface area contributed by atoms with Crippen LogP contribution in [0.4, 0.5) is 0 Å². The first-order valence-corrected chi connectivity index (χ1v) is 4.10. The van der Waals surface area contributed by atoms with Gasteiger partial charge in [0.25, 0.3) is 0 Å². The zero-order chi connectivity index (χ0) is 6.81. The van der Waals surface area contributed by atoms with Crippen molar-refractivity contribution in [1.82, 2.24) is 0 Å². The highest BCUT2D eigenvalue weighted by molar-refractivity contribution is 5.59. The highest BCUT2D eigenvalue weighted by atomic mass is 16.5. The molecule has 0 bridgehead atoms. The predicted molar refractivity (Wildman–Crippen MR) is 40.5 cm³/mol. The van der Waals surface area contributed by atoms with Crippen molar-refractivity contribution >= 4 is 6.21 Å². The van der Waals surface area contributed by atoms with E-state index in [0.717, 1.165) is 6.61 Å². The molecule has 0 amide bonds. The summed E-state index contributed by atoms with van der Waals surface area (Å²) in [6.07, 6.45) is 7.49. The van der Waals surface area contributed by atoms with Crippen LogP contribution < -0.4 is 0 Å². The van der Waals surface area contributed by atoms with Crippen LogP contribution in [0.3, 0.4) is 0 Å². The molecule has 0 radical (unpaired) electrons. The second-order valence-corrected chi connectivity index (χ2v) is 3.06. The fraction of sp³-hybridized carbons (Fsp3) is 0.875. The molecule has 1 aliphatic heterocycles. The van der Waals surface area contributed by atoms with Crippen LogP contribution in [0.25, 0.3) is 0 Å². The van der Waals surface area contributed by atoms with Crippen LogP contribution in [0.2, 0.25) is 0 Å². The number of hydrogen-bond acceptors (Lipinski definition) is 2. The van der Waals surface area contributed by atoms with Crippen molar-refractivity contribution in [2.45, 2.75) is 37.8 Å². The normalized spacial score (nSPS) is 39.2. The number of ether oxygens (including phenoxy) is 1. The molecule has 2 nitrogen and oxygen atoms in total. The highest BCUT2D eigenvalue weighted by Gasteiger charge is 2.26. The topological polar surface area (TPSA) is 21.6 Å². The Morgan fingerprint density at radius 1 is 1.30 bits per heavy atom. The summed E-state index contributed by atoms with van der Waals surface area (Å²) < 4.78 is 5.53. The second kappa shape index (κ2) is 2.70. The lowest BCUT2D eigenvalue weighted by Gasteiger charge is -2.30. The Hall–Kier alpha value is -0.370. The van der Waals surface area contributed by atoms with Crippen molar-refractivity contribution in [3.63, 3.8) is 0 Å². The minimum absolute atomic E-state index is 0.457. The Kier molecular flexibility index (Phi) is 1.72. The van der Waals surface area contributed by atoms with Crippen LogP contribution in [0.15, 0.2) is 4.99 Å². The second-order valence-electron chi connectivity index (χ2n) is 3.06. The number of hydrogen-bond donors (Lipinski definition) is 0. The van der Waals surface area contributed by atoms with E-state index in [1.54, 1.807) is 0 Å². The van der Waals surface area contributed by atoms with Gasteiger partial charge in [0.2, 0.25) is 0 Å². The van der Waals surface area contributed by atoms with Crippen molar-refractivity contribution in [1.29, 1.82) is 0 Å². The van der Waals surface area contributed by atoms with E-state index in [9.17, 15) is 0 Å². The van der Waals surface area contributed by atoms with E-state index in [1.807, 2.05) is 6.21 Å². The quantitative estimate of drug-likeness (QED) is 0.497. The van der Waals surface area contributed by atoms with Gasteiger partial charge in [0.05, 0.1) is 18.8 Å². The van der Waals surface area contributed by atoms with Gasteiger partial charge in [0.15, 0.2) is 0 Å². The minimum atomic E-state index is 0.457. The number of fused-ring (bicyclic) bond motifs is 1. The molecular formula is C8H13NO. The van der Waals surface area contributed by atoms with Gasteiger partial charge in [-0.15, -0.1) is 0 Å². The molecule has 2 atom stereocenters. The fourth-order valence-corrected chi connectivity index (χ4v) is 1.79. The Bertz CT molecular complexity index is 144. The standard InChI is InChI=1S/C8H13NO/c1-2-4-8-7(3-1)9-5-6-10-8/h5,7-8H,1-4,6H2. The van der Waals surface area contributed by atoms with E-state index < -0.39 is 0 Å². The van der Waals surface area contributed by atoms with E-state index in [1.165, 1.54) is 25.7 Å². The largest absolute Gasteiger partial charge is 0.370 e. The summed E-state index contributed by atoms with van der Waals surface area (Å²) in [5, 5.41) is 0. The molecule has 0 aromatic rings. The van der Waals surface area contributed by atoms with Crippen LogP contribution >= 0.6 is 0 Å². The molecule has 0 N–H and O–H groups in total. The van der Waals surface area contributed by atoms with Crippen molar-refractivity contribution < 1.29 is 4.74 Å². The van der Waals surface area contributed by atoms with Gasteiger partial charge in [0, 0.05) is 6.21 Å². The van der Waals surface area contributed by atoms with Crippen molar-refractivity contribution in [3.05, 3.63) is 0 Å². The molecule has 1 saturated carbocycles. The molecule has 1 heterocycles. The fourth-order valence-electron chi connectivity index (χ4n) is 1.79. The molecule has 1 aliphatic carbocycles. The van der Waals surface area contributed by atoms with E-state index in [-0.39, 0.29) is 0 Å². The maximum absolute atomic E-state index is 5.53. The molecule has 0 spiro atoms. The Balaban J connectivity index is 2.03. The lowest BCUT2D eigenvalue weighted by atomic mass is 9.92. The van der Waals surface area contributed by atoms with Crippen molar-refractivity contribution in [2.24, 2.45) is 4.99 Å². The third kappa shape index (κ3) is 1.08. The predicted octanol–water partition coefficient (Wildman–Crippen LogP) is 1.40. The molecule has 2 rings (SSSR count). The molecule has 0 saturated heterocycles. The average Bonchev–Trinajstić information content (AvgIpc) is 2.05. The van der Waals surface area contributed by atoms with Crippen molar-refractivity contribution in [3.8, 4) is 0 Å². The van der Waals surface area contributed by atoms with Crippen LogP contribution in [-0.4, -0.2) is 25.0 Å². The summed E-state index contributed by atoms with van der Waals surface area (Å²) >= 11 is 0. The maximum atomic E-state index is 5.53. The molecule has 56 valence electrons. The first kappa shape index (κ1) is 6.35. The zero-order valence-corrected chi connectivity index (χ0v) is 6.12.